The van der Waals surface area contributed by atoms with Crippen molar-refractivity contribution < 1.29 is 14.7 Å². The smallest absolute Gasteiger partial charge is 0.264 e. The topological polar surface area (TPSA) is 69.6 Å². The van der Waals surface area contributed by atoms with Gasteiger partial charge in [-0.1, -0.05) is 0 Å². The highest BCUT2D eigenvalue weighted by Crippen LogP contribution is 2.33. The van der Waals surface area contributed by atoms with Gasteiger partial charge in [0, 0.05) is 19.0 Å². The lowest BCUT2D eigenvalue weighted by Gasteiger charge is -2.35. The van der Waals surface area contributed by atoms with Crippen LogP contribution in [-0.4, -0.2) is 41.0 Å². The van der Waals surface area contributed by atoms with Gasteiger partial charge in [0.25, 0.3) is 5.91 Å². The Bertz CT molecular complexity index is 530. The molecule has 2 aliphatic rings. The van der Waals surface area contributed by atoms with Gasteiger partial charge in [0.1, 0.15) is 0 Å². The number of aliphatic hydroxyl groups is 1. The van der Waals surface area contributed by atoms with E-state index in [9.17, 15) is 14.7 Å². The molecule has 2 amide bonds. The quantitative estimate of drug-likeness (QED) is 0.874. The summed E-state index contributed by atoms with van der Waals surface area (Å²) in [6.45, 7) is 2.67. The van der Waals surface area contributed by atoms with E-state index < -0.39 is 6.10 Å². The van der Waals surface area contributed by atoms with Crippen molar-refractivity contribution in [3.05, 3.63) is 16.5 Å². The van der Waals surface area contributed by atoms with Gasteiger partial charge >= 0.3 is 0 Å². The molecule has 2 heterocycles. The third kappa shape index (κ3) is 2.50. The summed E-state index contributed by atoms with van der Waals surface area (Å²) < 4.78 is 0. The molecule has 3 rings (SSSR count). The van der Waals surface area contributed by atoms with Crippen LogP contribution < -0.4 is 5.32 Å². The Kier molecular flexibility index (Phi) is 3.06. The Morgan fingerprint density at radius 2 is 2.11 bits per heavy atom. The lowest BCUT2D eigenvalue weighted by Crippen LogP contribution is -2.53. The molecule has 0 radical (unpaired) electrons. The van der Waals surface area contributed by atoms with E-state index in [-0.39, 0.29) is 17.7 Å². The summed E-state index contributed by atoms with van der Waals surface area (Å²) in [5, 5.41) is 12.8. The monoisotopic (exact) mass is 280 g/mol. The summed E-state index contributed by atoms with van der Waals surface area (Å²) in [4.78, 5) is 26.1. The number of β-amino-alcohol motifs (C(OH)–C–C–N with tert-alkyl or cyclic N) is 1. The molecule has 1 aliphatic heterocycles. The summed E-state index contributed by atoms with van der Waals surface area (Å²) in [6.07, 6.45) is 1.54. The molecule has 0 aromatic carbocycles. The van der Waals surface area contributed by atoms with Gasteiger partial charge in [-0.25, -0.2) is 0 Å². The molecule has 0 spiro atoms. The third-order valence-corrected chi connectivity index (χ3v) is 4.60. The second kappa shape index (κ2) is 4.61. The fraction of sp³-hybridized carbons (Fsp3) is 0.538. The molecule has 2 N–H and O–H groups in total. The van der Waals surface area contributed by atoms with Crippen LogP contribution in [0.2, 0.25) is 0 Å². The zero-order valence-corrected chi connectivity index (χ0v) is 11.5. The second-order valence-corrected chi connectivity index (χ2v) is 6.30. The van der Waals surface area contributed by atoms with Crippen molar-refractivity contribution in [2.24, 2.45) is 5.92 Å². The SMILES string of the molecule is Cc1cc(NC(=O)C2CC2)sc1C(=O)N1CC(O)C1. The summed E-state index contributed by atoms with van der Waals surface area (Å²) >= 11 is 1.32. The molecule has 1 saturated carbocycles. The van der Waals surface area contributed by atoms with Crippen LogP contribution in [0.4, 0.5) is 5.00 Å². The van der Waals surface area contributed by atoms with E-state index in [0.29, 0.717) is 18.0 Å². The van der Waals surface area contributed by atoms with Crippen LogP contribution in [0.1, 0.15) is 28.1 Å². The fourth-order valence-electron chi connectivity index (χ4n) is 2.09. The van der Waals surface area contributed by atoms with Gasteiger partial charge in [0.15, 0.2) is 0 Å². The Morgan fingerprint density at radius 3 is 2.68 bits per heavy atom. The van der Waals surface area contributed by atoms with Crippen LogP contribution in [-0.2, 0) is 4.79 Å². The van der Waals surface area contributed by atoms with Crippen LogP contribution in [0, 0.1) is 12.8 Å². The minimum Gasteiger partial charge on any atom is -0.389 e. The van der Waals surface area contributed by atoms with Gasteiger partial charge < -0.3 is 15.3 Å². The Balaban J connectivity index is 1.69. The van der Waals surface area contributed by atoms with Crippen molar-refractivity contribution in [1.82, 2.24) is 4.90 Å². The van der Waals surface area contributed by atoms with Crippen LogP contribution in [0.15, 0.2) is 6.07 Å². The first-order valence-electron chi connectivity index (χ1n) is 6.43. The maximum atomic E-state index is 12.2. The second-order valence-electron chi connectivity index (χ2n) is 5.25. The van der Waals surface area contributed by atoms with Gasteiger partial charge in [-0.15, -0.1) is 11.3 Å². The maximum absolute atomic E-state index is 12.2. The average Bonchev–Trinajstić information content (AvgIpc) is 3.10. The Labute approximate surface area is 115 Å². The van der Waals surface area contributed by atoms with Crippen LogP contribution in [0.3, 0.4) is 0 Å². The first kappa shape index (κ1) is 12.6. The molecular formula is C13H16N2O3S. The van der Waals surface area contributed by atoms with Crippen molar-refractivity contribution in [2.75, 3.05) is 18.4 Å². The summed E-state index contributed by atoms with van der Waals surface area (Å²) in [5.74, 6) is 0.159. The van der Waals surface area contributed by atoms with Crippen molar-refractivity contribution >= 4 is 28.2 Å². The van der Waals surface area contributed by atoms with Gasteiger partial charge in [0.2, 0.25) is 5.91 Å². The van der Waals surface area contributed by atoms with E-state index in [2.05, 4.69) is 5.32 Å². The molecule has 0 atom stereocenters. The molecule has 1 saturated heterocycles. The number of likely N-dealkylation sites (tertiary alicyclic amines) is 1. The number of anilines is 1. The zero-order valence-electron chi connectivity index (χ0n) is 10.7. The van der Waals surface area contributed by atoms with Crippen molar-refractivity contribution in [1.29, 1.82) is 0 Å². The predicted molar refractivity (Wildman–Crippen MR) is 72.3 cm³/mol. The lowest BCUT2D eigenvalue weighted by atomic mass is 10.1. The number of aliphatic hydroxyl groups excluding tert-OH is 1. The highest BCUT2D eigenvalue weighted by atomic mass is 32.1. The standard InChI is InChI=1S/C13H16N2O3S/c1-7-4-10(14-12(17)8-2-3-8)19-11(7)13(18)15-5-9(16)6-15/h4,8-9,16H,2-3,5-6H2,1H3,(H,14,17). The number of hydrogen-bond donors (Lipinski definition) is 2. The molecule has 1 aliphatic carbocycles. The molecule has 19 heavy (non-hydrogen) atoms. The number of aryl methyl sites for hydroxylation is 1. The highest BCUT2D eigenvalue weighted by molar-refractivity contribution is 7.18. The maximum Gasteiger partial charge on any atom is 0.264 e. The molecule has 1 aromatic heterocycles. The van der Waals surface area contributed by atoms with Crippen LogP contribution >= 0.6 is 11.3 Å². The average molecular weight is 280 g/mol. The Morgan fingerprint density at radius 1 is 1.42 bits per heavy atom. The van der Waals surface area contributed by atoms with Crippen LogP contribution in [0.5, 0.6) is 0 Å². The molecule has 2 fully saturated rings. The highest BCUT2D eigenvalue weighted by Gasteiger charge is 2.32. The molecule has 5 nitrogen and oxygen atoms in total. The van der Waals surface area contributed by atoms with Gasteiger partial charge in [-0.05, 0) is 31.4 Å². The van der Waals surface area contributed by atoms with Crippen LogP contribution in [0.25, 0.3) is 0 Å². The Hall–Kier alpha value is -1.40. The zero-order chi connectivity index (χ0) is 13.6. The van der Waals surface area contributed by atoms with E-state index in [1.165, 1.54) is 11.3 Å². The summed E-state index contributed by atoms with van der Waals surface area (Å²) in [6, 6.07) is 1.84. The predicted octanol–water partition coefficient (Wildman–Crippen LogP) is 1.22. The lowest BCUT2D eigenvalue weighted by molar-refractivity contribution is -0.117. The van der Waals surface area contributed by atoms with E-state index in [0.717, 1.165) is 23.4 Å². The number of nitrogens with zero attached hydrogens (tertiary/aromatic N) is 1. The van der Waals surface area contributed by atoms with Crippen molar-refractivity contribution in [3.63, 3.8) is 0 Å². The van der Waals surface area contributed by atoms with Gasteiger partial charge in [0.05, 0.1) is 16.0 Å². The number of carbonyl (C=O) groups excluding carboxylic acids is 2. The number of carbonyl (C=O) groups is 2. The number of rotatable bonds is 3. The minimum atomic E-state index is -0.391. The molecule has 0 bridgehead atoms. The van der Waals surface area contributed by atoms with E-state index in [1.54, 1.807) is 4.90 Å². The fourth-order valence-corrected chi connectivity index (χ4v) is 3.13. The number of amides is 2. The number of nitrogens with one attached hydrogen (secondary N) is 1. The van der Waals surface area contributed by atoms with E-state index >= 15 is 0 Å². The van der Waals surface area contributed by atoms with Crippen molar-refractivity contribution in [3.8, 4) is 0 Å². The summed E-state index contributed by atoms with van der Waals surface area (Å²) in [7, 11) is 0. The molecule has 6 heteroatoms. The van der Waals surface area contributed by atoms with E-state index in [1.807, 2.05) is 13.0 Å². The minimum absolute atomic E-state index is 0.0552. The van der Waals surface area contributed by atoms with Crippen molar-refractivity contribution in [2.45, 2.75) is 25.9 Å². The summed E-state index contributed by atoms with van der Waals surface area (Å²) in [5.41, 5.74) is 0.877. The number of hydrogen-bond acceptors (Lipinski definition) is 4. The molecule has 0 unspecified atom stereocenters. The van der Waals surface area contributed by atoms with Gasteiger partial charge in [-0.2, -0.15) is 0 Å². The normalized spacial score (nSPS) is 19.2. The molecule has 102 valence electrons. The van der Waals surface area contributed by atoms with E-state index in [4.69, 9.17) is 0 Å². The first-order valence-corrected chi connectivity index (χ1v) is 7.25. The third-order valence-electron chi connectivity index (χ3n) is 3.46. The van der Waals surface area contributed by atoms with Gasteiger partial charge in [-0.3, -0.25) is 9.59 Å². The number of thiophene rings is 1. The largest absolute Gasteiger partial charge is 0.389 e. The molecule has 1 aromatic rings. The first-order chi connectivity index (χ1) is 9.04. The molecular weight excluding hydrogens is 264 g/mol.